The van der Waals surface area contributed by atoms with Crippen molar-refractivity contribution in [1.29, 1.82) is 0 Å². The molecule has 0 spiro atoms. The fourth-order valence-electron chi connectivity index (χ4n) is 1.71. The second-order valence-corrected chi connectivity index (χ2v) is 4.65. The number of halogens is 1. The van der Waals surface area contributed by atoms with Crippen molar-refractivity contribution in [2.75, 3.05) is 11.9 Å². The molecule has 0 atom stereocenters. The number of anilines is 1. The number of pyridine rings is 1. The van der Waals surface area contributed by atoms with Crippen LogP contribution in [0, 0.1) is 11.8 Å². The molecule has 0 saturated heterocycles. The second-order valence-electron chi connectivity index (χ2n) is 4.25. The Bertz CT molecular complexity index is 690. The van der Waals surface area contributed by atoms with Crippen molar-refractivity contribution in [3.63, 3.8) is 0 Å². The summed E-state index contributed by atoms with van der Waals surface area (Å²) in [6.45, 7) is 0.282. The third-order valence-electron chi connectivity index (χ3n) is 2.64. The smallest absolute Gasteiger partial charge is 0.230 e. The van der Waals surface area contributed by atoms with E-state index < -0.39 is 0 Å². The van der Waals surface area contributed by atoms with Crippen molar-refractivity contribution in [2.24, 2.45) is 5.73 Å². The van der Waals surface area contributed by atoms with Gasteiger partial charge in [-0.3, -0.25) is 9.78 Å². The normalized spacial score (nSPS) is 9.62. The monoisotopic (exact) mass is 299 g/mol. The molecule has 0 aliphatic heterocycles. The van der Waals surface area contributed by atoms with Gasteiger partial charge in [0.25, 0.3) is 0 Å². The third kappa shape index (κ3) is 4.60. The van der Waals surface area contributed by atoms with Gasteiger partial charge in [0.15, 0.2) is 0 Å². The zero-order valence-electron chi connectivity index (χ0n) is 11.3. The molecule has 0 saturated carbocycles. The SMILES string of the molecule is NCC#Cc1ccc(Cl)c(NC(=O)Cc2ccccn2)c1. The Morgan fingerprint density at radius 2 is 2.19 bits per heavy atom. The third-order valence-corrected chi connectivity index (χ3v) is 2.97. The number of carbonyl (C=O) groups is 1. The van der Waals surface area contributed by atoms with Crippen LogP contribution in [0.3, 0.4) is 0 Å². The van der Waals surface area contributed by atoms with E-state index in [1.54, 1.807) is 36.5 Å². The van der Waals surface area contributed by atoms with Crippen LogP contribution in [0.2, 0.25) is 5.02 Å². The number of aromatic nitrogens is 1. The average molecular weight is 300 g/mol. The van der Waals surface area contributed by atoms with Gasteiger partial charge in [-0.2, -0.15) is 0 Å². The van der Waals surface area contributed by atoms with E-state index in [1.165, 1.54) is 0 Å². The number of nitrogens with one attached hydrogen (secondary N) is 1. The van der Waals surface area contributed by atoms with E-state index in [0.29, 0.717) is 16.4 Å². The van der Waals surface area contributed by atoms with Gasteiger partial charge in [-0.1, -0.05) is 29.5 Å². The number of hydrogen-bond acceptors (Lipinski definition) is 3. The number of amides is 1. The van der Waals surface area contributed by atoms with Crippen molar-refractivity contribution in [2.45, 2.75) is 6.42 Å². The maximum atomic E-state index is 12.0. The first kappa shape index (κ1) is 15.0. The van der Waals surface area contributed by atoms with Gasteiger partial charge in [0.05, 0.1) is 23.7 Å². The van der Waals surface area contributed by atoms with E-state index in [9.17, 15) is 4.79 Å². The lowest BCUT2D eigenvalue weighted by Gasteiger charge is -2.07. The highest BCUT2D eigenvalue weighted by molar-refractivity contribution is 6.33. The molecule has 0 bridgehead atoms. The minimum atomic E-state index is -0.181. The molecule has 0 unspecified atom stereocenters. The number of hydrogen-bond donors (Lipinski definition) is 2. The van der Waals surface area contributed by atoms with Crippen molar-refractivity contribution in [3.05, 3.63) is 58.9 Å². The number of benzene rings is 1. The minimum Gasteiger partial charge on any atom is -0.324 e. The molecule has 2 aromatic rings. The van der Waals surface area contributed by atoms with Crippen molar-refractivity contribution >= 4 is 23.2 Å². The number of nitrogens with two attached hydrogens (primary N) is 1. The van der Waals surface area contributed by atoms with Crippen LogP contribution in [0.25, 0.3) is 0 Å². The number of rotatable bonds is 3. The molecule has 0 radical (unpaired) electrons. The van der Waals surface area contributed by atoms with Gasteiger partial charge in [0, 0.05) is 17.5 Å². The highest BCUT2D eigenvalue weighted by Crippen LogP contribution is 2.22. The standard InChI is InChI=1S/C16H14ClN3O/c17-14-7-6-12(4-3-8-18)10-15(14)20-16(21)11-13-5-1-2-9-19-13/h1-2,5-7,9-10H,8,11,18H2,(H,20,21). The van der Waals surface area contributed by atoms with Crippen LogP contribution in [0.15, 0.2) is 42.6 Å². The molecule has 1 aromatic carbocycles. The topological polar surface area (TPSA) is 68.0 Å². The molecule has 0 aliphatic rings. The number of carbonyl (C=O) groups excluding carboxylic acids is 1. The van der Waals surface area contributed by atoms with Crippen LogP contribution < -0.4 is 11.1 Å². The van der Waals surface area contributed by atoms with E-state index in [2.05, 4.69) is 22.1 Å². The molecule has 3 N–H and O–H groups in total. The summed E-state index contributed by atoms with van der Waals surface area (Å²) in [4.78, 5) is 16.1. The largest absolute Gasteiger partial charge is 0.324 e. The molecule has 106 valence electrons. The summed E-state index contributed by atoms with van der Waals surface area (Å²) in [5.41, 5.74) is 7.31. The van der Waals surface area contributed by atoms with Gasteiger partial charge in [-0.15, -0.1) is 0 Å². The molecule has 1 amide bonds. The molecule has 0 aliphatic carbocycles. The average Bonchev–Trinajstić information content (AvgIpc) is 2.49. The van der Waals surface area contributed by atoms with Crippen LogP contribution in [-0.4, -0.2) is 17.4 Å². The zero-order valence-corrected chi connectivity index (χ0v) is 12.0. The van der Waals surface area contributed by atoms with Gasteiger partial charge >= 0.3 is 0 Å². The first-order valence-electron chi connectivity index (χ1n) is 6.37. The van der Waals surface area contributed by atoms with Crippen LogP contribution in [0.1, 0.15) is 11.3 Å². The van der Waals surface area contributed by atoms with Gasteiger partial charge < -0.3 is 11.1 Å². The summed E-state index contributed by atoms with van der Waals surface area (Å²) in [6.07, 6.45) is 1.84. The minimum absolute atomic E-state index is 0.181. The van der Waals surface area contributed by atoms with E-state index in [0.717, 1.165) is 5.56 Å². The summed E-state index contributed by atoms with van der Waals surface area (Å²) in [5.74, 6) is 5.47. The van der Waals surface area contributed by atoms with Crippen molar-refractivity contribution in [3.8, 4) is 11.8 Å². The lowest BCUT2D eigenvalue weighted by molar-refractivity contribution is -0.115. The van der Waals surface area contributed by atoms with Gasteiger partial charge in [0.2, 0.25) is 5.91 Å². The first-order chi connectivity index (χ1) is 10.2. The molecule has 1 aromatic heterocycles. The molecule has 21 heavy (non-hydrogen) atoms. The van der Waals surface area contributed by atoms with Crippen LogP contribution in [0.5, 0.6) is 0 Å². The van der Waals surface area contributed by atoms with E-state index >= 15 is 0 Å². The van der Waals surface area contributed by atoms with Crippen molar-refractivity contribution in [1.82, 2.24) is 4.98 Å². The fourth-order valence-corrected chi connectivity index (χ4v) is 1.88. The molecular formula is C16H14ClN3O. The van der Waals surface area contributed by atoms with E-state index in [1.807, 2.05) is 6.07 Å². The van der Waals surface area contributed by atoms with Gasteiger partial charge in [0.1, 0.15) is 0 Å². The molecule has 2 rings (SSSR count). The van der Waals surface area contributed by atoms with E-state index in [-0.39, 0.29) is 18.9 Å². The van der Waals surface area contributed by atoms with Crippen LogP contribution in [-0.2, 0) is 11.2 Å². The zero-order chi connectivity index (χ0) is 15.1. The van der Waals surface area contributed by atoms with E-state index in [4.69, 9.17) is 17.3 Å². The Balaban J connectivity index is 2.09. The maximum absolute atomic E-state index is 12.0. The Morgan fingerprint density at radius 3 is 2.90 bits per heavy atom. The molecule has 5 heteroatoms. The summed E-state index contributed by atoms with van der Waals surface area (Å²) < 4.78 is 0. The Hall–Kier alpha value is -2.35. The predicted molar refractivity (Wildman–Crippen MR) is 84.0 cm³/mol. The van der Waals surface area contributed by atoms with Gasteiger partial charge in [-0.25, -0.2) is 0 Å². The summed E-state index contributed by atoms with van der Waals surface area (Å²) in [5, 5.41) is 3.23. The first-order valence-corrected chi connectivity index (χ1v) is 6.75. The lowest BCUT2D eigenvalue weighted by atomic mass is 10.2. The summed E-state index contributed by atoms with van der Waals surface area (Å²) in [7, 11) is 0. The quantitative estimate of drug-likeness (QED) is 0.854. The van der Waals surface area contributed by atoms with Gasteiger partial charge in [-0.05, 0) is 30.3 Å². The highest BCUT2D eigenvalue weighted by atomic mass is 35.5. The lowest BCUT2D eigenvalue weighted by Crippen LogP contribution is -2.15. The van der Waals surface area contributed by atoms with Crippen molar-refractivity contribution < 1.29 is 4.79 Å². The maximum Gasteiger partial charge on any atom is 0.230 e. The highest BCUT2D eigenvalue weighted by Gasteiger charge is 2.08. The Morgan fingerprint density at radius 1 is 1.33 bits per heavy atom. The Labute approximate surface area is 128 Å². The predicted octanol–water partition coefficient (Wildman–Crippen LogP) is 2.23. The fraction of sp³-hybridized carbons (Fsp3) is 0.125. The van der Waals surface area contributed by atoms with Crippen LogP contribution in [0.4, 0.5) is 5.69 Å². The number of nitrogens with zero attached hydrogens (tertiary/aromatic N) is 1. The second kappa shape index (κ2) is 7.44. The molecular weight excluding hydrogens is 286 g/mol. The molecule has 0 fully saturated rings. The Kier molecular flexibility index (Phi) is 5.33. The molecule has 4 nitrogen and oxygen atoms in total. The summed E-state index contributed by atoms with van der Waals surface area (Å²) in [6, 6.07) is 10.6. The van der Waals surface area contributed by atoms with Crippen LogP contribution >= 0.6 is 11.6 Å². The molecule has 1 heterocycles. The summed E-state index contributed by atoms with van der Waals surface area (Å²) >= 11 is 6.07.